The van der Waals surface area contributed by atoms with Gasteiger partial charge in [0.1, 0.15) is 6.10 Å². The highest BCUT2D eigenvalue weighted by Gasteiger charge is 2.11. The summed E-state index contributed by atoms with van der Waals surface area (Å²) in [6.07, 6.45) is -0.216. The first-order valence-electron chi connectivity index (χ1n) is 5.08. The number of aliphatic hydroxyl groups is 1. The zero-order valence-corrected chi connectivity index (χ0v) is 9.22. The molecule has 0 aliphatic heterocycles. The van der Waals surface area contributed by atoms with E-state index in [9.17, 15) is 0 Å². The van der Waals surface area contributed by atoms with Gasteiger partial charge in [-0.2, -0.15) is 0 Å². The van der Waals surface area contributed by atoms with Crippen LogP contribution in [0.1, 0.15) is 18.6 Å². The summed E-state index contributed by atoms with van der Waals surface area (Å²) in [5, 5.41) is 8.83. The Morgan fingerprint density at radius 3 is 2.47 bits per heavy atom. The van der Waals surface area contributed by atoms with Gasteiger partial charge in [-0.1, -0.05) is 30.3 Å². The number of hydrogen-bond donors (Lipinski definition) is 1. The molecule has 0 saturated heterocycles. The van der Waals surface area contributed by atoms with Crippen LogP contribution >= 0.6 is 0 Å². The molecule has 1 N–H and O–H groups in total. The summed E-state index contributed by atoms with van der Waals surface area (Å²) in [5.74, 6) is 0. The lowest BCUT2D eigenvalue weighted by molar-refractivity contribution is -0.0390. The predicted octanol–water partition coefficient (Wildman–Crippen LogP) is 1.77. The molecule has 3 heteroatoms. The lowest BCUT2D eigenvalue weighted by Crippen LogP contribution is -2.18. The maximum atomic E-state index is 8.83. The van der Waals surface area contributed by atoms with Gasteiger partial charge in [-0.15, -0.1) is 0 Å². The summed E-state index contributed by atoms with van der Waals surface area (Å²) in [6.45, 7) is 2.32. The van der Waals surface area contributed by atoms with Crippen molar-refractivity contribution in [2.45, 2.75) is 19.1 Å². The zero-order valence-electron chi connectivity index (χ0n) is 9.22. The van der Waals surface area contributed by atoms with Crippen LogP contribution < -0.4 is 0 Å². The van der Waals surface area contributed by atoms with Crippen LogP contribution in [0.25, 0.3) is 0 Å². The van der Waals surface area contributed by atoms with Crippen LogP contribution in [0.4, 0.5) is 0 Å². The van der Waals surface area contributed by atoms with Gasteiger partial charge < -0.3 is 14.6 Å². The summed E-state index contributed by atoms with van der Waals surface area (Å²) >= 11 is 0. The standard InChI is InChI=1S/C12H18O3/c1-10(8-13)15-9-12(14-2)11-6-4-3-5-7-11/h3-7,10,12-13H,8-9H2,1-2H3. The molecule has 0 aliphatic rings. The lowest BCUT2D eigenvalue weighted by atomic mass is 10.1. The average molecular weight is 210 g/mol. The molecule has 0 fully saturated rings. The third kappa shape index (κ3) is 4.00. The van der Waals surface area contributed by atoms with Gasteiger partial charge in [0.2, 0.25) is 0 Å². The second-order valence-corrected chi connectivity index (χ2v) is 3.46. The first-order chi connectivity index (χ1) is 7.27. The predicted molar refractivity (Wildman–Crippen MR) is 58.7 cm³/mol. The summed E-state index contributed by atoms with van der Waals surface area (Å²) in [7, 11) is 1.66. The summed E-state index contributed by atoms with van der Waals surface area (Å²) < 4.78 is 10.7. The molecule has 0 bridgehead atoms. The van der Waals surface area contributed by atoms with E-state index in [4.69, 9.17) is 14.6 Å². The Labute approximate surface area is 90.6 Å². The molecule has 2 unspecified atom stereocenters. The molecule has 1 aromatic carbocycles. The fraction of sp³-hybridized carbons (Fsp3) is 0.500. The minimum atomic E-state index is -0.147. The van der Waals surface area contributed by atoms with Gasteiger partial charge in [0.25, 0.3) is 0 Å². The van der Waals surface area contributed by atoms with E-state index >= 15 is 0 Å². The number of methoxy groups -OCH3 is 1. The quantitative estimate of drug-likeness (QED) is 0.777. The molecule has 0 heterocycles. The van der Waals surface area contributed by atoms with Crippen LogP contribution in [0, 0.1) is 0 Å². The van der Waals surface area contributed by atoms with Crippen molar-refractivity contribution in [2.75, 3.05) is 20.3 Å². The van der Waals surface area contributed by atoms with E-state index in [1.54, 1.807) is 7.11 Å². The van der Waals surface area contributed by atoms with Crippen LogP contribution in [-0.4, -0.2) is 31.5 Å². The van der Waals surface area contributed by atoms with Crippen LogP contribution in [0.15, 0.2) is 30.3 Å². The molecule has 0 aromatic heterocycles. The summed E-state index contributed by atoms with van der Waals surface area (Å²) in [5.41, 5.74) is 1.09. The molecule has 0 saturated carbocycles. The minimum absolute atomic E-state index is 0.0330. The first-order valence-corrected chi connectivity index (χ1v) is 5.08. The van der Waals surface area contributed by atoms with E-state index in [2.05, 4.69) is 0 Å². The van der Waals surface area contributed by atoms with Crippen LogP contribution in [0.3, 0.4) is 0 Å². The highest BCUT2D eigenvalue weighted by molar-refractivity contribution is 5.17. The molecule has 15 heavy (non-hydrogen) atoms. The average Bonchev–Trinajstić information content (AvgIpc) is 2.31. The molecule has 0 radical (unpaired) electrons. The van der Waals surface area contributed by atoms with E-state index < -0.39 is 0 Å². The smallest absolute Gasteiger partial charge is 0.105 e. The summed E-state index contributed by atoms with van der Waals surface area (Å²) in [4.78, 5) is 0. The SMILES string of the molecule is COC(COC(C)CO)c1ccccc1. The number of ether oxygens (including phenoxy) is 2. The van der Waals surface area contributed by atoms with Gasteiger partial charge in [-0.05, 0) is 12.5 Å². The second-order valence-electron chi connectivity index (χ2n) is 3.46. The Bertz CT molecular complexity index is 261. The Kier molecular flexibility index (Phi) is 5.32. The van der Waals surface area contributed by atoms with Crippen molar-refractivity contribution in [3.8, 4) is 0 Å². The van der Waals surface area contributed by atoms with E-state index in [1.807, 2.05) is 37.3 Å². The Morgan fingerprint density at radius 2 is 1.93 bits per heavy atom. The molecule has 0 aliphatic carbocycles. The van der Waals surface area contributed by atoms with E-state index in [0.717, 1.165) is 5.56 Å². The third-order valence-corrected chi connectivity index (χ3v) is 2.25. The van der Waals surface area contributed by atoms with Crippen molar-refractivity contribution in [2.24, 2.45) is 0 Å². The highest BCUT2D eigenvalue weighted by atomic mass is 16.5. The van der Waals surface area contributed by atoms with Crippen molar-refractivity contribution in [1.82, 2.24) is 0 Å². The van der Waals surface area contributed by atoms with Crippen molar-refractivity contribution in [3.63, 3.8) is 0 Å². The fourth-order valence-electron chi connectivity index (χ4n) is 1.27. The fourth-order valence-corrected chi connectivity index (χ4v) is 1.27. The maximum Gasteiger partial charge on any atom is 0.105 e. The minimum Gasteiger partial charge on any atom is -0.394 e. The molecular formula is C12H18O3. The zero-order chi connectivity index (χ0) is 11.1. The largest absolute Gasteiger partial charge is 0.394 e. The molecule has 1 aromatic rings. The van der Waals surface area contributed by atoms with Gasteiger partial charge in [0, 0.05) is 7.11 Å². The maximum absolute atomic E-state index is 8.83. The van der Waals surface area contributed by atoms with Crippen molar-refractivity contribution in [1.29, 1.82) is 0 Å². The van der Waals surface area contributed by atoms with Crippen LogP contribution in [0.2, 0.25) is 0 Å². The molecule has 0 spiro atoms. The van der Waals surface area contributed by atoms with Crippen molar-refractivity contribution in [3.05, 3.63) is 35.9 Å². The van der Waals surface area contributed by atoms with Crippen LogP contribution in [-0.2, 0) is 9.47 Å². The number of aliphatic hydroxyl groups excluding tert-OH is 1. The van der Waals surface area contributed by atoms with Gasteiger partial charge in [0.05, 0.1) is 19.3 Å². The van der Waals surface area contributed by atoms with Gasteiger partial charge in [-0.3, -0.25) is 0 Å². The third-order valence-electron chi connectivity index (χ3n) is 2.25. The van der Waals surface area contributed by atoms with E-state index in [-0.39, 0.29) is 18.8 Å². The Hall–Kier alpha value is -0.900. The second kappa shape index (κ2) is 6.56. The summed E-state index contributed by atoms with van der Waals surface area (Å²) in [6, 6.07) is 9.91. The molecule has 3 nitrogen and oxygen atoms in total. The Balaban J connectivity index is 2.50. The number of hydrogen-bond acceptors (Lipinski definition) is 3. The van der Waals surface area contributed by atoms with Gasteiger partial charge >= 0.3 is 0 Å². The lowest BCUT2D eigenvalue weighted by Gasteiger charge is -2.18. The topological polar surface area (TPSA) is 38.7 Å². The number of benzene rings is 1. The molecule has 84 valence electrons. The van der Waals surface area contributed by atoms with E-state index in [0.29, 0.717) is 6.61 Å². The van der Waals surface area contributed by atoms with Crippen molar-refractivity contribution < 1.29 is 14.6 Å². The molecule has 1 rings (SSSR count). The molecule has 2 atom stereocenters. The monoisotopic (exact) mass is 210 g/mol. The normalized spacial score (nSPS) is 14.9. The van der Waals surface area contributed by atoms with Crippen molar-refractivity contribution >= 4 is 0 Å². The highest BCUT2D eigenvalue weighted by Crippen LogP contribution is 2.16. The molecular weight excluding hydrogens is 192 g/mol. The molecule has 0 amide bonds. The number of rotatable bonds is 6. The van der Waals surface area contributed by atoms with Gasteiger partial charge in [0.15, 0.2) is 0 Å². The van der Waals surface area contributed by atoms with E-state index in [1.165, 1.54) is 0 Å². The first kappa shape index (κ1) is 12.2. The van der Waals surface area contributed by atoms with Gasteiger partial charge in [-0.25, -0.2) is 0 Å². The Morgan fingerprint density at radius 1 is 1.27 bits per heavy atom. The van der Waals surface area contributed by atoms with Crippen LogP contribution in [0.5, 0.6) is 0 Å².